The van der Waals surface area contributed by atoms with E-state index in [-0.39, 0.29) is 5.91 Å². The van der Waals surface area contributed by atoms with Crippen molar-refractivity contribution in [1.82, 2.24) is 15.0 Å². The van der Waals surface area contributed by atoms with Gasteiger partial charge < -0.3 is 4.57 Å². The molecule has 1 amide bonds. The van der Waals surface area contributed by atoms with Gasteiger partial charge in [-0.05, 0) is 42.3 Å². The fourth-order valence-corrected chi connectivity index (χ4v) is 3.25. The third-order valence-electron chi connectivity index (χ3n) is 4.60. The number of carbonyl (C=O) groups is 1. The van der Waals surface area contributed by atoms with Gasteiger partial charge in [-0.2, -0.15) is 5.10 Å². The zero-order valence-corrected chi connectivity index (χ0v) is 15.1. The summed E-state index contributed by atoms with van der Waals surface area (Å²) in [4.78, 5) is 16.4. The first-order valence-corrected chi connectivity index (χ1v) is 8.92. The smallest absolute Gasteiger partial charge is 0.241 e. The highest BCUT2D eigenvalue weighted by atomic mass is 16.2. The van der Waals surface area contributed by atoms with Crippen LogP contribution < -0.4 is 5.43 Å². The number of nitrogens with one attached hydrogen (secondary N) is 1. The van der Waals surface area contributed by atoms with Crippen molar-refractivity contribution in [1.29, 1.82) is 0 Å². The van der Waals surface area contributed by atoms with E-state index in [0.717, 1.165) is 22.0 Å². The Morgan fingerprint density at radius 1 is 1.19 bits per heavy atom. The number of benzene rings is 2. The highest BCUT2D eigenvalue weighted by Crippen LogP contribution is 2.20. The Morgan fingerprint density at radius 2 is 2.07 bits per heavy atom. The van der Waals surface area contributed by atoms with E-state index in [0.29, 0.717) is 13.0 Å². The minimum Gasteiger partial charge on any atom is -0.347 e. The molecule has 4 aromatic rings. The molecule has 0 aliphatic rings. The zero-order chi connectivity index (χ0) is 18.6. The summed E-state index contributed by atoms with van der Waals surface area (Å²) in [6.45, 7) is 2.71. The molecule has 134 valence electrons. The Morgan fingerprint density at radius 3 is 3.00 bits per heavy atom. The number of carbonyl (C=O) groups excluding carboxylic acids is 1. The molecule has 0 spiro atoms. The largest absolute Gasteiger partial charge is 0.347 e. The summed E-state index contributed by atoms with van der Waals surface area (Å²) < 4.78 is 2.12. The van der Waals surface area contributed by atoms with Gasteiger partial charge in [-0.1, -0.05) is 30.3 Å². The summed E-state index contributed by atoms with van der Waals surface area (Å²) in [7, 11) is 0. The second kappa shape index (κ2) is 7.41. The lowest BCUT2D eigenvalue weighted by Gasteiger charge is -2.04. The molecule has 0 bridgehead atoms. The van der Waals surface area contributed by atoms with Crippen LogP contribution in [0.5, 0.6) is 0 Å². The van der Waals surface area contributed by atoms with E-state index in [1.54, 1.807) is 12.4 Å². The van der Waals surface area contributed by atoms with Gasteiger partial charge in [0, 0.05) is 41.6 Å². The molecule has 5 heteroatoms. The number of para-hydroxylation sites is 1. The summed E-state index contributed by atoms with van der Waals surface area (Å²) in [6, 6.07) is 18.0. The molecule has 27 heavy (non-hydrogen) atoms. The highest BCUT2D eigenvalue weighted by molar-refractivity contribution is 5.89. The lowest BCUT2D eigenvalue weighted by Crippen LogP contribution is -2.19. The number of fused-ring (bicyclic) bond motifs is 2. The predicted molar refractivity (Wildman–Crippen MR) is 109 cm³/mol. The minimum atomic E-state index is -0.107. The van der Waals surface area contributed by atoms with Gasteiger partial charge in [0.05, 0.1) is 11.7 Å². The summed E-state index contributed by atoms with van der Waals surface area (Å²) in [6.07, 6.45) is 5.88. The molecule has 0 aliphatic carbocycles. The maximum atomic E-state index is 12.1. The van der Waals surface area contributed by atoms with Crippen LogP contribution >= 0.6 is 0 Å². The lowest BCUT2D eigenvalue weighted by atomic mass is 10.1. The maximum absolute atomic E-state index is 12.1. The topological polar surface area (TPSA) is 59.3 Å². The zero-order valence-electron chi connectivity index (χ0n) is 15.1. The van der Waals surface area contributed by atoms with Crippen LogP contribution in [0, 0.1) is 6.92 Å². The van der Waals surface area contributed by atoms with E-state index < -0.39 is 0 Å². The van der Waals surface area contributed by atoms with Gasteiger partial charge in [0.25, 0.3) is 0 Å². The van der Waals surface area contributed by atoms with Crippen LogP contribution in [0.1, 0.15) is 17.5 Å². The van der Waals surface area contributed by atoms with Crippen LogP contribution in [-0.4, -0.2) is 21.7 Å². The van der Waals surface area contributed by atoms with Crippen molar-refractivity contribution in [2.24, 2.45) is 5.10 Å². The molecule has 0 aliphatic heterocycles. The van der Waals surface area contributed by atoms with Crippen molar-refractivity contribution >= 4 is 33.9 Å². The number of amides is 1. The van der Waals surface area contributed by atoms with Crippen molar-refractivity contribution in [3.63, 3.8) is 0 Å². The quantitative estimate of drug-likeness (QED) is 0.433. The molecule has 2 heterocycles. The number of aryl methyl sites for hydroxylation is 2. The third-order valence-corrected chi connectivity index (χ3v) is 4.60. The van der Waals surface area contributed by atoms with Crippen LogP contribution in [0.2, 0.25) is 0 Å². The molecule has 1 N–H and O–H groups in total. The minimum absolute atomic E-state index is 0.107. The van der Waals surface area contributed by atoms with Gasteiger partial charge in [0.1, 0.15) is 0 Å². The van der Waals surface area contributed by atoms with Crippen molar-refractivity contribution in [3.05, 3.63) is 78.1 Å². The fraction of sp³-hybridized carbons (Fsp3) is 0.136. The Bertz CT molecular complexity index is 1140. The lowest BCUT2D eigenvalue weighted by molar-refractivity contribution is -0.121. The molecule has 0 radical (unpaired) electrons. The van der Waals surface area contributed by atoms with Crippen LogP contribution in [0.15, 0.2) is 72.1 Å². The Kier molecular flexibility index (Phi) is 4.66. The van der Waals surface area contributed by atoms with Crippen molar-refractivity contribution < 1.29 is 4.79 Å². The first-order valence-electron chi connectivity index (χ1n) is 8.92. The first kappa shape index (κ1) is 17.0. The number of nitrogens with zero attached hydrogens (tertiary/aromatic N) is 3. The molecular formula is C22H20N4O. The fourth-order valence-electron chi connectivity index (χ4n) is 3.25. The monoisotopic (exact) mass is 356 g/mol. The van der Waals surface area contributed by atoms with Crippen LogP contribution in [0.25, 0.3) is 21.8 Å². The average molecular weight is 356 g/mol. The van der Waals surface area contributed by atoms with Crippen LogP contribution in [0.4, 0.5) is 0 Å². The molecule has 0 saturated carbocycles. The van der Waals surface area contributed by atoms with E-state index in [2.05, 4.69) is 45.3 Å². The summed E-state index contributed by atoms with van der Waals surface area (Å²) in [5, 5.41) is 6.34. The number of aromatic nitrogens is 2. The first-order chi connectivity index (χ1) is 13.2. The summed E-state index contributed by atoms with van der Waals surface area (Å²) >= 11 is 0. The van der Waals surface area contributed by atoms with Gasteiger partial charge in [-0.15, -0.1) is 0 Å². The average Bonchev–Trinajstić information content (AvgIpc) is 3.02. The van der Waals surface area contributed by atoms with Crippen LogP contribution in [0.3, 0.4) is 0 Å². The number of hydrazone groups is 1. The molecule has 4 rings (SSSR count). The third kappa shape index (κ3) is 3.72. The second-order valence-electron chi connectivity index (χ2n) is 6.52. The molecule has 0 unspecified atom stereocenters. The molecule has 5 nitrogen and oxygen atoms in total. The van der Waals surface area contributed by atoms with E-state index in [4.69, 9.17) is 0 Å². The SMILES string of the molecule is Cc1cn(CCC(=O)N/N=C\c2ccc3ncccc3c2)c2ccccc12. The van der Waals surface area contributed by atoms with Crippen molar-refractivity contribution in [2.75, 3.05) is 0 Å². The van der Waals surface area contributed by atoms with Gasteiger partial charge in [-0.3, -0.25) is 9.78 Å². The summed E-state index contributed by atoms with van der Waals surface area (Å²) in [5.74, 6) is -0.107. The van der Waals surface area contributed by atoms with E-state index in [9.17, 15) is 4.79 Å². The molecular weight excluding hydrogens is 336 g/mol. The normalized spacial score (nSPS) is 11.4. The van der Waals surface area contributed by atoms with Crippen molar-refractivity contribution in [2.45, 2.75) is 19.9 Å². The van der Waals surface area contributed by atoms with E-state index in [1.165, 1.54) is 10.9 Å². The van der Waals surface area contributed by atoms with Gasteiger partial charge >= 0.3 is 0 Å². The van der Waals surface area contributed by atoms with Gasteiger partial charge in [0.15, 0.2) is 0 Å². The maximum Gasteiger partial charge on any atom is 0.241 e. The molecule has 2 aromatic carbocycles. The van der Waals surface area contributed by atoms with Crippen molar-refractivity contribution in [3.8, 4) is 0 Å². The number of hydrogen-bond acceptors (Lipinski definition) is 3. The van der Waals surface area contributed by atoms with Crippen LogP contribution in [-0.2, 0) is 11.3 Å². The predicted octanol–water partition coefficient (Wildman–Crippen LogP) is 4.04. The molecule has 2 aromatic heterocycles. The standard InChI is InChI=1S/C22H20N4O/c1-16-15-26(21-7-3-2-6-19(16)21)12-10-22(27)25-24-14-17-8-9-20-18(13-17)5-4-11-23-20/h2-9,11,13-15H,10,12H2,1H3,(H,25,27)/b24-14-. The van der Waals surface area contributed by atoms with E-state index in [1.807, 2.05) is 42.5 Å². The van der Waals surface area contributed by atoms with Gasteiger partial charge in [0.2, 0.25) is 5.91 Å². The molecule has 0 atom stereocenters. The number of pyridine rings is 1. The van der Waals surface area contributed by atoms with E-state index >= 15 is 0 Å². The second-order valence-corrected chi connectivity index (χ2v) is 6.52. The Balaban J connectivity index is 1.36. The molecule has 0 saturated heterocycles. The Hall–Kier alpha value is -3.47. The highest BCUT2D eigenvalue weighted by Gasteiger charge is 2.06. The number of rotatable bonds is 5. The summed E-state index contributed by atoms with van der Waals surface area (Å²) in [5.41, 5.74) is 6.83. The number of hydrogen-bond donors (Lipinski definition) is 1. The van der Waals surface area contributed by atoms with Gasteiger partial charge in [-0.25, -0.2) is 5.43 Å². The molecule has 0 fully saturated rings. The Labute approximate surface area is 157 Å².